The molecular weight excluding hydrogens is 949 g/mol. The lowest BCUT2D eigenvalue weighted by molar-refractivity contribution is 0.590. The van der Waals surface area contributed by atoms with Gasteiger partial charge in [-0.05, 0) is 257 Å². The molecule has 0 spiro atoms. The van der Waals surface area contributed by atoms with Crippen molar-refractivity contribution >= 4 is 140 Å². The number of benzene rings is 15. The normalized spacial score (nSPS) is 13.1. The van der Waals surface area contributed by atoms with Crippen molar-refractivity contribution < 1.29 is 0 Å². The van der Waals surface area contributed by atoms with Gasteiger partial charge >= 0.3 is 0 Å². The van der Waals surface area contributed by atoms with Crippen molar-refractivity contribution in [2.45, 2.75) is 73.1 Å². The monoisotopic (exact) mass is 1010 g/mol. The Balaban J connectivity index is 1.06. The molecule has 0 unspecified atom stereocenters. The van der Waals surface area contributed by atoms with Gasteiger partial charge in [0.05, 0.1) is 0 Å². The van der Waals surface area contributed by atoms with Crippen LogP contribution in [0, 0.1) is 20.8 Å². The molecule has 374 valence electrons. The highest BCUT2D eigenvalue weighted by atomic mass is 14.3. The lowest BCUT2D eigenvalue weighted by Crippen LogP contribution is -2.12. The van der Waals surface area contributed by atoms with Crippen molar-refractivity contribution in [3.8, 4) is 33.4 Å². The molecule has 79 heavy (non-hydrogen) atoms. The van der Waals surface area contributed by atoms with Crippen LogP contribution in [-0.2, 0) is 10.8 Å². The van der Waals surface area contributed by atoms with Crippen LogP contribution in [0.4, 0.5) is 0 Å². The van der Waals surface area contributed by atoms with Gasteiger partial charge in [0, 0.05) is 0 Å². The Morgan fingerprint density at radius 1 is 0.215 bits per heavy atom. The maximum Gasteiger partial charge on any atom is -0.000730 e. The van der Waals surface area contributed by atoms with Gasteiger partial charge in [0.15, 0.2) is 0 Å². The fraction of sp³-hybridized carbons (Fsp3) is 0.139. The van der Waals surface area contributed by atoms with Gasteiger partial charge < -0.3 is 0 Å². The summed E-state index contributed by atoms with van der Waals surface area (Å²) < 4.78 is 0. The molecular formula is C79H58. The highest BCUT2D eigenvalue weighted by Crippen LogP contribution is 2.57. The van der Waals surface area contributed by atoms with Gasteiger partial charge in [-0.1, -0.05) is 205 Å². The quantitative estimate of drug-likeness (QED) is 0.122. The van der Waals surface area contributed by atoms with Gasteiger partial charge in [0.1, 0.15) is 0 Å². The fourth-order valence-electron chi connectivity index (χ4n) is 15.3. The molecule has 0 heteroatoms. The van der Waals surface area contributed by atoms with Crippen LogP contribution < -0.4 is 0 Å². The molecule has 0 aromatic heterocycles. The predicted octanol–water partition coefficient (Wildman–Crippen LogP) is 23.0. The average molecular weight is 1010 g/mol. The molecule has 17 aromatic rings. The molecule has 0 nitrogen and oxygen atoms in total. The smallest absolute Gasteiger partial charge is 0.000730 e. The van der Waals surface area contributed by atoms with E-state index in [2.05, 4.69) is 250 Å². The Morgan fingerprint density at radius 2 is 0.570 bits per heavy atom. The molecule has 17 aromatic carbocycles. The minimum absolute atomic E-state index is 0.0159. The zero-order chi connectivity index (χ0) is 53.3. The lowest BCUT2D eigenvalue weighted by Gasteiger charge is -2.25. The highest BCUT2D eigenvalue weighted by molar-refractivity contribution is 6.48. The molecule has 0 saturated carbocycles. The van der Waals surface area contributed by atoms with Crippen molar-refractivity contribution in [1.29, 1.82) is 0 Å². The van der Waals surface area contributed by atoms with Crippen LogP contribution >= 0.6 is 0 Å². The van der Waals surface area contributed by atoms with Crippen molar-refractivity contribution in [3.05, 3.63) is 216 Å². The summed E-state index contributed by atoms with van der Waals surface area (Å²) in [6.07, 6.45) is 0. The molecule has 17 rings (SSSR count). The van der Waals surface area contributed by atoms with Crippen LogP contribution in [-0.4, -0.2) is 0 Å². The molecule has 0 atom stereocenters. The second kappa shape index (κ2) is 15.2. The van der Waals surface area contributed by atoms with Gasteiger partial charge in [0.25, 0.3) is 0 Å². The van der Waals surface area contributed by atoms with E-state index in [9.17, 15) is 0 Å². The van der Waals surface area contributed by atoms with E-state index in [0.29, 0.717) is 0 Å². The van der Waals surface area contributed by atoms with Crippen molar-refractivity contribution in [2.24, 2.45) is 0 Å². The standard InChI is InChI=1S/C79H58/c1-41-17-10-13-20-47(41)50-25-26-53-55-28-30-57-63-40-67-66(39-62(63)56-29-27-54(72(55)73(56)57)52-24-16-23-51(50)69(52)53)70(48-21-14-11-18-42(48)2)76-60-33-31-58-64-37-45(78(4,5)6)35-44-36-46(79(7,8)9)38-65(68(44)64)59-32-34-61(75(60)74(58)59)77(76)71(67)49-22-15-12-19-43(49)3/h10-40H,1-9H3. The molecule has 0 fully saturated rings. The van der Waals surface area contributed by atoms with E-state index in [1.165, 1.54) is 201 Å². The van der Waals surface area contributed by atoms with Gasteiger partial charge in [-0.15, -0.1) is 0 Å². The molecule has 0 amide bonds. The average Bonchev–Trinajstić information content (AvgIpc) is 3.20. The molecule has 0 radical (unpaired) electrons. The number of aryl methyl sites for hydroxylation is 3. The zero-order valence-corrected chi connectivity index (χ0v) is 46.4. The number of hydrogen-bond acceptors (Lipinski definition) is 0. The Hall–Kier alpha value is -8.84. The number of fused-ring (bicyclic) bond motifs is 11. The summed E-state index contributed by atoms with van der Waals surface area (Å²) in [6, 6.07) is 73.9. The van der Waals surface area contributed by atoms with Gasteiger partial charge in [-0.3, -0.25) is 0 Å². The van der Waals surface area contributed by atoms with Gasteiger partial charge in [0.2, 0.25) is 0 Å². The van der Waals surface area contributed by atoms with E-state index >= 15 is 0 Å². The summed E-state index contributed by atoms with van der Waals surface area (Å²) in [4.78, 5) is 0. The minimum Gasteiger partial charge on any atom is -0.0620 e. The summed E-state index contributed by atoms with van der Waals surface area (Å²) in [5, 5.41) is 34.9. The van der Waals surface area contributed by atoms with E-state index in [0.717, 1.165) is 0 Å². The fourth-order valence-corrected chi connectivity index (χ4v) is 15.3. The first-order valence-corrected chi connectivity index (χ1v) is 28.5. The first kappa shape index (κ1) is 45.2. The molecule has 0 aliphatic carbocycles. The summed E-state index contributed by atoms with van der Waals surface area (Å²) in [7, 11) is 0. The second-order valence-corrected chi connectivity index (χ2v) is 25.6. The topological polar surface area (TPSA) is 0 Å². The van der Waals surface area contributed by atoms with Crippen molar-refractivity contribution in [2.75, 3.05) is 0 Å². The van der Waals surface area contributed by atoms with E-state index in [-0.39, 0.29) is 10.8 Å². The van der Waals surface area contributed by atoms with E-state index < -0.39 is 0 Å². The summed E-state index contributed by atoms with van der Waals surface area (Å²) in [5.74, 6) is 0. The Bertz CT molecular complexity index is 5240. The van der Waals surface area contributed by atoms with Crippen LogP contribution in [0.2, 0.25) is 0 Å². The summed E-state index contributed by atoms with van der Waals surface area (Å²) >= 11 is 0. The molecule has 0 aliphatic heterocycles. The van der Waals surface area contributed by atoms with E-state index in [1.807, 2.05) is 0 Å². The maximum absolute atomic E-state index is 2.61. The third-order valence-electron chi connectivity index (χ3n) is 19.1. The highest BCUT2D eigenvalue weighted by Gasteiger charge is 2.30. The second-order valence-electron chi connectivity index (χ2n) is 25.6. The molecule has 0 aliphatic rings. The summed E-state index contributed by atoms with van der Waals surface area (Å²) in [5.41, 5.74) is 14.4. The van der Waals surface area contributed by atoms with Crippen LogP contribution in [0.25, 0.3) is 173 Å². The largest absolute Gasteiger partial charge is 0.0620 e. The first-order valence-electron chi connectivity index (χ1n) is 28.5. The Morgan fingerprint density at radius 3 is 1.03 bits per heavy atom. The van der Waals surface area contributed by atoms with E-state index in [4.69, 9.17) is 0 Å². The zero-order valence-electron chi connectivity index (χ0n) is 46.4. The van der Waals surface area contributed by atoms with Crippen LogP contribution in [0.5, 0.6) is 0 Å². The Labute approximate surface area is 459 Å². The summed E-state index contributed by atoms with van der Waals surface area (Å²) in [6.45, 7) is 21.0. The third-order valence-corrected chi connectivity index (χ3v) is 19.1. The van der Waals surface area contributed by atoms with Crippen LogP contribution in [0.15, 0.2) is 188 Å². The maximum atomic E-state index is 2.61. The van der Waals surface area contributed by atoms with Crippen molar-refractivity contribution in [3.63, 3.8) is 0 Å². The van der Waals surface area contributed by atoms with Crippen molar-refractivity contribution in [1.82, 2.24) is 0 Å². The van der Waals surface area contributed by atoms with E-state index in [1.54, 1.807) is 0 Å². The first-order chi connectivity index (χ1) is 38.2. The SMILES string of the molecule is Cc1ccccc1-c1ccc2c3ccc4c5cc6c(-c7ccccc7C)c7c8ccc9c%10cc(C(C)(C)C)cc%11cc(C(C)(C)C)cc(c%12ccc(c7c(-c7ccccc7C)c6cc5c5ccc(c6cccc1c62)c3c54)c8c%129)c%11%10. The Kier molecular flexibility index (Phi) is 8.73. The molecule has 0 bridgehead atoms. The minimum atomic E-state index is -0.0159. The van der Waals surface area contributed by atoms with Gasteiger partial charge in [-0.25, -0.2) is 0 Å². The van der Waals surface area contributed by atoms with Crippen LogP contribution in [0.1, 0.15) is 69.4 Å². The molecule has 0 heterocycles. The number of hydrogen-bond donors (Lipinski definition) is 0. The lowest BCUT2D eigenvalue weighted by atomic mass is 9.79. The third kappa shape index (κ3) is 5.84. The number of rotatable bonds is 3. The molecule has 0 saturated heterocycles. The van der Waals surface area contributed by atoms with Gasteiger partial charge in [-0.2, -0.15) is 0 Å². The predicted molar refractivity (Wildman–Crippen MR) is 347 cm³/mol. The van der Waals surface area contributed by atoms with Crippen LogP contribution in [0.3, 0.4) is 0 Å². The molecule has 0 N–H and O–H groups in total.